The summed E-state index contributed by atoms with van der Waals surface area (Å²) in [5.74, 6) is -0.638. The summed E-state index contributed by atoms with van der Waals surface area (Å²) in [6.07, 6.45) is -2.94. The Hall–Kier alpha value is -1.91. The summed E-state index contributed by atoms with van der Waals surface area (Å²) in [6.45, 7) is 0.936. The fraction of sp³-hybridized carbons (Fsp3) is 0.278. The van der Waals surface area contributed by atoms with Crippen LogP contribution in [0.1, 0.15) is 28.8 Å². The van der Waals surface area contributed by atoms with E-state index in [4.69, 9.17) is 0 Å². The second-order valence-electron chi connectivity index (χ2n) is 6.28. The lowest BCUT2D eigenvalue weighted by atomic mass is 10.1. The molecule has 2 aromatic carbocycles. The Morgan fingerprint density at radius 1 is 1.04 bits per heavy atom. The SMILES string of the molecule is O=C(Nc1ccc(Br)c(C(F)(F)F)c1)c1ccc(S(=O)(=O)N2CCCC2)cc1. The lowest BCUT2D eigenvalue weighted by Gasteiger charge is -2.15. The van der Waals surface area contributed by atoms with Crippen LogP contribution in [0.3, 0.4) is 0 Å². The van der Waals surface area contributed by atoms with Crippen LogP contribution in [0.25, 0.3) is 0 Å². The predicted molar refractivity (Wildman–Crippen MR) is 102 cm³/mol. The van der Waals surface area contributed by atoms with Crippen LogP contribution in [0, 0.1) is 0 Å². The first kappa shape index (κ1) is 20.8. The van der Waals surface area contributed by atoms with Gasteiger partial charge in [0.1, 0.15) is 0 Å². The number of anilines is 1. The fourth-order valence-corrected chi connectivity index (χ4v) is 4.87. The molecule has 1 saturated heterocycles. The zero-order valence-electron chi connectivity index (χ0n) is 14.5. The molecule has 0 atom stereocenters. The van der Waals surface area contributed by atoms with E-state index in [1.165, 1.54) is 40.7 Å². The topological polar surface area (TPSA) is 66.5 Å². The van der Waals surface area contributed by atoms with Crippen LogP contribution in [0.15, 0.2) is 51.8 Å². The Balaban J connectivity index is 1.77. The normalized spacial score (nSPS) is 15.6. The zero-order valence-corrected chi connectivity index (χ0v) is 16.9. The van der Waals surface area contributed by atoms with Gasteiger partial charge in [-0.1, -0.05) is 15.9 Å². The fourth-order valence-electron chi connectivity index (χ4n) is 2.88. The van der Waals surface area contributed by atoms with Crippen LogP contribution < -0.4 is 5.32 Å². The molecule has 1 amide bonds. The first-order valence-electron chi connectivity index (χ1n) is 8.37. The average Bonchev–Trinajstić information content (AvgIpc) is 3.18. The molecular weight excluding hydrogens is 461 g/mol. The summed E-state index contributed by atoms with van der Waals surface area (Å²) in [5.41, 5.74) is -0.788. The molecule has 0 aromatic heterocycles. The number of carbonyl (C=O) groups is 1. The lowest BCUT2D eigenvalue weighted by molar-refractivity contribution is -0.138. The number of carbonyl (C=O) groups excluding carboxylic acids is 1. The van der Waals surface area contributed by atoms with Crippen LogP contribution >= 0.6 is 15.9 Å². The predicted octanol–water partition coefficient (Wildman–Crippen LogP) is 4.50. The van der Waals surface area contributed by atoms with Crippen LogP contribution in [-0.4, -0.2) is 31.7 Å². The number of hydrogen-bond acceptors (Lipinski definition) is 3. The van der Waals surface area contributed by atoms with Crippen molar-refractivity contribution in [3.8, 4) is 0 Å². The molecule has 5 nitrogen and oxygen atoms in total. The second kappa shape index (κ2) is 7.84. The highest BCUT2D eigenvalue weighted by atomic mass is 79.9. The van der Waals surface area contributed by atoms with E-state index in [1.807, 2.05) is 0 Å². The van der Waals surface area contributed by atoms with Crippen LogP contribution in [0.5, 0.6) is 0 Å². The number of benzene rings is 2. The number of nitrogens with one attached hydrogen (secondary N) is 1. The summed E-state index contributed by atoms with van der Waals surface area (Å²) in [5, 5.41) is 2.39. The Morgan fingerprint density at radius 3 is 2.21 bits per heavy atom. The van der Waals surface area contributed by atoms with E-state index in [-0.39, 0.29) is 20.6 Å². The number of sulfonamides is 1. The molecule has 10 heteroatoms. The van der Waals surface area contributed by atoms with E-state index < -0.39 is 27.7 Å². The summed E-state index contributed by atoms with van der Waals surface area (Å²) in [6, 6.07) is 8.68. The number of amides is 1. The molecule has 1 fully saturated rings. The van der Waals surface area contributed by atoms with Crippen LogP contribution in [0.2, 0.25) is 0 Å². The molecule has 1 aliphatic heterocycles. The lowest BCUT2D eigenvalue weighted by Crippen LogP contribution is -2.27. The van der Waals surface area contributed by atoms with Gasteiger partial charge in [0.15, 0.2) is 0 Å². The Labute approximate surface area is 168 Å². The highest BCUT2D eigenvalue weighted by molar-refractivity contribution is 9.10. The van der Waals surface area contributed by atoms with Crippen molar-refractivity contribution in [2.45, 2.75) is 23.9 Å². The first-order valence-corrected chi connectivity index (χ1v) is 10.6. The van der Waals surface area contributed by atoms with Gasteiger partial charge in [-0.05, 0) is 55.3 Å². The molecule has 28 heavy (non-hydrogen) atoms. The third kappa shape index (κ3) is 4.39. The second-order valence-corrected chi connectivity index (χ2v) is 9.07. The molecule has 2 aromatic rings. The van der Waals surface area contributed by atoms with E-state index in [0.717, 1.165) is 18.9 Å². The van der Waals surface area contributed by atoms with E-state index in [2.05, 4.69) is 21.2 Å². The van der Waals surface area contributed by atoms with E-state index in [0.29, 0.717) is 13.1 Å². The van der Waals surface area contributed by atoms with Gasteiger partial charge in [-0.15, -0.1) is 0 Å². The molecule has 0 spiro atoms. The molecule has 1 N–H and O–H groups in total. The Bertz CT molecular complexity index is 986. The number of rotatable bonds is 4. The third-order valence-electron chi connectivity index (χ3n) is 4.35. The molecule has 0 aliphatic carbocycles. The summed E-state index contributed by atoms with van der Waals surface area (Å²) in [7, 11) is -3.60. The third-order valence-corrected chi connectivity index (χ3v) is 6.95. The molecule has 0 radical (unpaired) electrons. The van der Waals surface area contributed by atoms with Crippen molar-refractivity contribution < 1.29 is 26.4 Å². The quantitative estimate of drug-likeness (QED) is 0.705. The van der Waals surface area contributed by atoms with Gasteiger partial charge in [0.25, 0.3) is 5.91 Å². The Kier molecular flexibility index (Phi) is 5.83. The molecule has 0 unspecified atom stereocenters. The number of alkyl halides is 3. The summed E-state index contributed by atoms with van der Waals surface area (Å²) >= 11 is 2.84. The maximum Gasteiger partial charge on any atom is 0.417 e. The summed E-state index contributed by atoms with van der Waals surface area (Å²) in [4.78, 5) is 12.4. The highest BCUT2D eigenvalue weighted by Crippen LogP contribution is 2.36. The molecule has 3 rings (SSSR count). The number of hydrogen-bond donors (Lipinski definition) is 1. The minimum absolute atomic E-state index is 0.0192. The van der Waals surface area contributed by atoms with Gasteiger partial charge in [-0.3, -0.25) is 4.79 Å². The smallest absolute Gasteiger partial charge is 0.322 e. The highest BCUT2D eigenvalue weighted by Gasteiger charge is 2.33. The Morgan fingerprint density at radius 2 is 1.64 bits per heavy atom. The van der Waals surface area contributed by atoms with Gasteiger partial charge in [0, 0.05) is 28.8 Å². The van der Waals surface area contributed by atoms with Gasteiger partial charge >= 0.3 is 6.18 Å². The number of nitrogens with zero attached hydrogens (tertiary/aromatic N) is 1. The van der Waals surface area contributed by atoms with Crippen molar-refractivity contribution in [1.82, 2.24) is 4.31 Å². The average molecular weight is 477 g/mol. The molecule has 0 saturated carbocycles. The van der Waals surface area contributed by atoms with Gasteiger partial charge in [-0.2, -0.15) is 17.5 Å². The molecule has 1 heterocycles. The summed E-state index contributed by atoms with van der Waals surface area (Å²) < 4.78 is 65.1. The van der Waals surface area contributed by atoms with Crippen LogP contribution in [0.4, 0.5) is 18.9 Å². The van der Waals surface area contributed by atoms with Crippen LogP contribution in [-0.2, 0) is 16.2 Å². The first-order chi connectivity index (χ1) is 13.1. The number of halogens is 4. The van der Waals surface area contributed by atoms with Crippen molar-refractivity contribution in [1.29, 1.82) is 0 Å². The molecule has 150 valence electrons. The van der Waals surface area contributed by atoms with Crippen molar-refractivity contribution in [3.63, 3.8) is 0 Å². The molecular formula is C18H16BrF3N2O3S. The van der Waals surface area contributed by atoms with Crippen molar-refractivity contribution in [2.75, 3.05) is 18.4 Å². The maximum absolute atomic E-state index is 13.0. The van der Waals surface area contributed by atoms with Gasteiger partial charge in [0.05, 0.1) is 10.5 Å². The van der Waals surface area contributed by atoms with Gasteiger partial charge in [-0.25, -0.2) is 8.42 Å². The standard InChI is InChI=1S/C18H16BrF3N2O3S/c19-16-8-5-13(11-15(16)18(20,21)22)23-17(25)12-3-6-14(7-4-12)28(26,27)24-9-1-2-10-24/h3-8,11H,1-2,9-10H2,(H,23,25). The maximum atomic E-state index is 13.0. The molecule has 1 aliphatic rings. The zero-order chi connectivity index (χ0) is 20.5. The van der Waals surface area contributed by atoms with Crippen molar-refractivity contribution >= 4 is 37.5 Å². The van der Waals surface area contributed by atoms with E-state index in [9.17, 15) is 26.4 Å². The van der Waals surface area contributed by atoms with Gasteiger partial charge in [0.2, 0.25) is 10.0 Å². The van der Waals surface area contributed by atoms with E-state index >= 15 is 0 Å². The van der Waals surface area contributed by atoms with Gasteiger partial charge < -0.3 is 5.32 Å². The van der Waals surface area contributed by atoms with Crippen molar-refractivity contribution in [2.24, 2.45) is 0 Å². The monoisotopic (exact) mass is 476 g/mol. The van der Waals surface area contributed by atoms with Crippen molar-refractivity contribution in [3.05, 3.63) is 58.1 Å². The van der Waals surface area contributed by atoms with E-state index in [1.54, 1.807) is 0 Å². The minimum atomic E-state index is -4.56. The largest absolute Gasteiger partial charge is 0.417 e. The minimum Gasteiger partial charge on any atom is -0.322 e. The molecule has 0 bridgehead atoms.